The van der Waals surface area contributed by atoms with Gasteiger partial charge in [0.2, 0.25) is 5.91 Å². The molecule has 0 aliphatic rings. The highest BCUT2D eigenvalue weighted by Crippen LogP contribution is 2.09. The number of likely N-dealkylation sites (N-methyl/N-ethyl adjacent to an activating group) is 1. The summed E-state index contributed by atoms with van der Waals surface area (Å²) in [5, 5.41) is 0. The van der Waals surface area contributed by atoms with Crippen LogP contribution in [-0.2, 0) is 17.9 Å². The lowest BCUT2D eigenvalue weighted by Gasteiger charge is -2.19. The van der Waals surface area contributed by atoms with Crippen molar-refractivity contribution < 1.29 is 4.79 Å². The molecule has 0 aliphatic carbocycles. The molecule has 3 heteroatoms. The van der Waals surface area contributed by atoms with E-state index in [-0.39, 0.29) is 5.91 Å². The van der Waals surface area contributed by atoms with Crippen LogP contribution in [0.5, 0.6) is 0 Å². The van der Waals surface area contributed by atoms with Gasteiger partial charge in [0.25, 0.3) is 0 Å². The van der Waals surface area contributed by atoms with Gasteiger partial charge in [0.1, 0.15) is 6.54 Å². The molecule has 1 aromatic carbocycles. The molecule has 0 radical (unpaired) electrons. The smallest absolute Gasteiger partial charge is 0.242 e. The Morgan fingerprint density at radius 1 is 1.05 bits per heavy atom. The van der Waals surface area contributed by atoms with Gasteiger partial charge in [-0.1, -0.05) is 30.3 Å². The van der Waals surface area contributed by atoms with Crippen molar-refractivity contribution in [3.05, 3.63) is 59.4 Å². The summed E-state index contributed by atoms with van der Waals surface area (Å²) in [6, 6.07) is 14.1. The second-order valence-electron chi connectivity index (χ2n) is 4.94. The van der Waals surface area contributed by atoms with E-state index in [4.69, 9.17) is 0 Å². The van der Waals surface area contributed by atoms with Crippen LogP contribution in [-0.4, -0.2) is 22.4 Å². The van der Waals surface area contributed by atoms with Gasteiger partial charge < -0.3 is 9.47 Å². The van der Waals surface area contributed by atoms with Gasteiger partial charge in [0, 0.05) is 25.0 Å². The first kappa shape index (κ1) is 13.4. The molecule has 2 rings (SSSR count). The molecule has 2 aromatic rings. The first-order valence-corrected chi connectivity index (χ1v) is 6.48. The molecule has 19 heavy (non-hydrogen) atoms. The number of benzene rings is 1. The van der Waals surface area contributed by atoms with Crippen LogP contribution in [0.3, 0.4) is 0 Å². The highest BCUT2D eigenvalue weighted by atomic mass is 16.2. The van der Waals surface area contributed by atoms with Gasteiger partial charge in [-0.3, -0.25) is 4.79 Å². The van der Waals surface area contributed by atoms with Crippen molar-refractivity contribution in [2.45, 2.75) is 26.9 Å². The number of carbonyl (C=O) groups excluding carboxylic acids is 1. The van der Waals surface area contributed by atoms with Gasteiger partial charge >= 0.3 is 0 Å². The van der Waals surface area contributed by atoms with Gasteiger partial charge in [0.05, 0.1) is 0 Å². The Bertz CT molecular complexity index is 538. The zero-order valence-electron chi connectivity index (χ0n) is 11.8. The van der Waals surface area contributed by atoms with E-state index < -0.39 is 0 Å². The summed E-state index contributed by atoms with van der Waals surface area (Å²) < 4.78 is 2.05. The van der Waals surface area contributed by atoms with Crippen LogP contribution in [0.25, 0.3) is 0 Å². The van der Waals surface area contributed by atoms with Crippen LogP contribution >= 0.6 is 0 Å². The summed E-state index contributed by atoms with van der Waals surface area (Å²) in [5.41, 5.74) is 3.40. The Hall–Kier alpha value is -2.03. The summed E-state index contributed by atoms with van der Waals surface area (Å²) in [4.78, 5) is 14.0. The van der Waals surface area contributed by atoms with Crippen molar-refractivity contribution in [1.82, 2.24) is 9.47 Å². The number of hydrogen-bond acceptors (Lipinski definition) is 1. The molecule has 100 valence electrons. The molecule has 0 bridgehead atoms. The first-order valence-electron chi connectivity index (χ1n) is 6.48. The van der Waals surface area contributed by atoms with Gasteiger partial charge in [0.15, 0.2) is 0 Å². The Kier molecular flexibility index (Phi) is 4.05. The van der Waals surface area contributed by atoms with Gasteiger partial charge in [-0.05, 0) is 31.5 Å². The highest BCUT2D eigenvalue weighted by molar-refractivity contribution is 5.76. The quantitative estimate of drug-likeness (QED) is 0.825. The van der Waals surface area contributed by atoms with Crippen molar-refractivity contribution in [2.75, 3.05) is 7.05 Å². The minimum absolute atomic E-state index is 0.131. The third-order valence-corrected chi connectivity index (χ3v) is 3.40. The number of carbonyl (C=O) groups is 1. The molecule has 0 fully saturated rings. The average Bonchev–Trinajstić information content (AvgIpc) is 2.71. The molecule has 1 amide bonds. The molecule has 0 saturated heterocycles. The van der Waals surface area contributed by atoms with Crippen LogP contribution in [0.4, 0.5) is 0 Å². The van der Waals surface area contributed by atoms with E-state index in [1.165, 1.54) is 0 Å². The maximum absolute atomic E-state index is 12.2. The summed E-state index contributed by atoms with van der Waals surface area (Å²) in [6.07, 6.45) is 0. The van der Waals surface area contributed by atoms with E-state index in [9.17, 15) is 4.79 Å². The number of aromatic nitrogens is 1. The molecule has 3 nitrogen and oxygen atoms in total. The van der Waals surface area contributed by atoms with Crippen LogP contribution in [0, 0.1) is 13.8 Å². The number of hydrogen-bond donors (Lipinski definition) is 0. The lowest BCUT2D eigenvalue weighted by atomic mass is 10.2. The van der Waals surface area contributed by atoms with Gasteiger partial charge in [-0.2, -0.15) is 0 Å². The second-order valence-corrected chi connectivity index (χ2v) is 4.94. The van der Waals surface area contributed by atoms with Crippen LogP contribution in [0.1, 0.15) is 17.0 Å². The molecule has 1 aromatic heterocycles. The van der Waals surface area contributed by atoms with E-state index in [0.717, 1.165) is 17.0 Å². The van der Waals surface area contributed by atoms with Crippen molar-refractivity contribution >= 4 is 5.91 Å². The first-order chi connectivity index (χ1) is 9.08. The molecule has 0 unspecified atom stereocenters. The second kappa shape index (κ2) is 5.74. The van der Waals surface area contributed by atoms with Crippen LogP contribution in [0.15, 0.2) is 42.5 Å². The molecule has 0 aliphatic heterocycles. The lowest BCUT2D eigenvalue weighted by molar-refractivity contribution is -0.131. The minimum Gasteiger partial charge on any atom is -0.340 e. The van der Waals surface area contributed by atoms with E-state index in [2.05, 4.69) is 0 Å². The number of amides is 1. The standard InChI is InChI=1S/C16H20N2O/c1-13-9-10-14(2)18(13)12-16(19)17(3)11-15-7-5-4-6-8-15/h4-10H,11-12H2,1-3H3. The van der Waals surface area contributed by atoms with Gasteiger partial charge in [-0.15, -0.1) is 0 Å². The normalized spacial score (nSPS) is 10.5. The largest absolute Gasteiger partial charge is 0.340 e. The fourth-order valence-electron chi connectivity index (χ4n) is 2.15. The Morgan fingerprint density at radius 2 is 1.63 bits per heavy atom. The Morgan fingerprint density at radius 3 is 2.21 bits per heavy atom. The molecule has 0 spiro atoms. The van der Waals surface area contributed by atoms with E-state index in [1.54, 1.807) is 4.90 Å². The Balaban J connectivity index is 2.00. The van der Waals surface area contributed by atoms with Crippen LogP contribution < -0.4 is 0 Å². The zero-order valence-corrected chi connectivity index (χ0v) is 11.8. The predicted octanol–water partition coefficient (Wildman–Crippen LogP) is 2.76. The predicted molar refractivity (Wildman–Crippen MR) is 76.8 cm³/mol. The van der Waals surface area contributed by atoms with Gasteiger partial charge in [-0.25, -0.2) is 0 Å². The van der Waals surface area contributed by atoms with Crippen molar-refractivity contribution in [3.63, 3.8) is 0 Å². The number of aryl methyl sites for hydroxylation is 2. The van der Waals surface area contributed by atoms with Crippen molar-refractivity contribution in [3.8, 4) is 0 Å². The Labute approximate surface area is 114 Å². The topological polar surface area (TPSA) is 25.2 Å². The monoisotopic (exact) mass is 256 g/mol. The summed E-state index contributed by atoms with van der Waals surface area (Å²) >= 11 is 0. The molecule has 0 N–H and O–H groups in total. The van der Waals surface area contributed by atoms with Crippen molar-refractivity contribution in [2.24, 2.45) is 0 Å². The molecule has 1 heterocycles. The molecule has 0 atom stereocenters. The van der Waals surface area contributed by atoms with Crippen molar-refractivity contribution in [1.29, 1.82) is 0 Å². The third kappa shape index (κ3) is 3.25. The molecular formula is C16H20N2O. The fourth-order valence-corrected chi connectivity index (χ4v) is 2.15. The summed E-state index contributed by atoms with van der Waals surface area (Å²) in [5.74, 6) is 0.131. The number of nitrogens with zero attached hydrogens (tertiary/aromatic N) is 2. The molecule has 0 saturated carbocycles. The maximum atomic E-state index is 12.2. The van der Waals surface area contributed by atoms with E-state index >= 15 is 0 Å². The highest BCUT2D eigenvalue weighted by Gasteiger charge is 2.12. The summed E-state index contributed by atoms with van der Waals surface area (Å²) in [7, 11) is 1.85. The zero-order chi connectivity index (χ0) is 13.8. The van der Waals surface area contributed by atoms with E-state index in [0.29, 0.717) is 13.1 Å². The van der Waals surface area contributed by atoms with E-state index in [1.807, 2.05) is 67.9 Å². The molecular weight excluding hydrogens is 236 g/mol. The number of rotatable bonds is 4. The third-order valence-electron chi connectivity index (χ3n) is 3.40. The maximum Gasteiger partial charge on any atom is 0.242 e. The average molecular weight is 256 g/mol. The minimum atomic E-state index is 0.131. The fraction of sp³-hybridized carbons (Fsp3) is 0.312. The van der Waals surface area contributed by atoms with Crippen LogP contribution in [0.2, 0.25) is 0 Å². The lowest BCUT2D eigenvalue weighted by Crippen LogP contribution is -2.30. The SMILES string of the molecule is Cc1ccc(C)n1CC(=O)N(C)Cc1ccccc1. The summed E-state index contributed by atoms with van der Waals surface area (Å²) in [6.45, 7) is 5.11.